The monoisotopic (exact) mass is 547 g/mol. The molecule has 7 rings (SSSR count). The summed E-state index contributed by atoms with van der Waals surface area (Å²) in [4.78, 5) is 34.0. The van der Waals surface area contributed by atoms with Gasteiger partial charge in [0.15, 0.2) is 11.6 Å². The Balaban J connectivity index is 1.25. The highest BCUT2D eigenvalue weighted by Crippen LogP contribution is 2.34. The van der Waals surface area contributed by atoms with Crippen molar-refractivity contribution in [1.82, 2.24) is 35.0 Å². The molecule has 11 heteroatoms. The molecular formula is C30H26FN9O. The summed E-state index contributed by atoms with van der Waals surface area (Å²) in [5.41, 5.74) is 4.98. The molecular weight excluding hydrogens is 521 g/mol. The van der Waals surface area contributed by atoms with E-state index in [4.69, 9.17) is 4.98 Å². The molecule has 1 aliphatic heterocycles. The lowest BCUT2D eigenvalue weighted by Crippen LogP contribution is -2.44. The van der Waals surface area contributed by atoms with Crippen LogP contribution in [0.2, 0.25) is 0 Å². The van der Waals surface area contributed by atoms with Crippen LogP contribution in [0.3, 0.4) is 0 Å². The second kappa shape index (κ2) is 10.1. The predicted octanol–water partition coefficient (Wildman–Crippen LogP) is 4.71. The lowest BCUT2D eigenvalue weighted by atomic mass is 10.1. The largest absolute Gasteiger partial charge is 0.367 e. The normalized spacial score (nSPS) is 14.1. The van der Waals surface area contributed by atoms with E-state index >= 15 is 4.39 Å². The van der Waals surface area contributed by atoms with Crippen LogP contribution in [0.25, 0.3) is 44.7 Å². The number of pyridine rings is 2. The molecule has 1 fully saturated rings. The van der Waals surface area contributed by atoms with Gasteiger partial charge in [-0.25, -0.2) is 9.37 Å². The van der Waals surface area contributed by atoms with E-state index in [9.17, 15) is 4.79 Å². The standard InChI is InChI=1S/C30H26FN9O/c1-39-10-12-40(13-11-39)23-9-5-8-21-27(23)36-29(35-21)28-24-22(37-38-28)17-33-26(25(24)31)19-14-20(16-32-15-19)34-30(41)18-6-3-2-4-7-18/h2-9,14-17H,10-13H2,1H3,(H,34,41)(H,35,36)(H,37,38). The van der Waals surface area contributed by atoms with Crippen molar-refractivity contribution in [3.8, 4) is 22.8 Å². The summed E-state index contributed by atoms with van der Waals surface area (Å²) >= 11 is 0. The molecule has 0 saturated carbocycles. The van der Waals surface area contributed by atoms with Crippen LogP contribution in [0.1, 0.15) is 10.4 Å². The maximum atomic E-state index is 16.2. The molecule has 2 aromatic carbocycles. The smallest absolute Gasteiger partial charge is 0.255 e. The summed E-state index contributed by atoms with van der Waals surface area (Å²) in [5.74, 6) is -0.378. The minimum absolute atomic E-state index is 0.0951. The number of aromatic amines is 2. The van der Waals surface area contributed by atoms with E-state index in [-0.39, 0.29) is 17.0 Å². The first-order valence-corrected chi connectivity index (χ1v) is 13.3. The average molecular weight is 548 g/mol. The number of imidazole rings is 1. The zero-order valence-corrected chi connectivity index (χ0v) is 22.2. The Hall–Kier alpha value is -5.16. The van der Waals surface area contributed by atoms with E-state index in [1.807, 2.05) is 18.2 Å². The Labute approximate surface area is 234 Å². The van der Waals surface area contributed by atoms with Crippen molar-refractivity contribution in [3.05, 3.63) is 84.6 Å². The van der Waals surface area contributed by atoms with Gasteiger partial charge in [0.05, 0.1) is 40.2 Å². The van der Waals surface area contributed by atoms with Gasteiger partial charge in [-0.1, -0.05) is 24.3 Å². The fraction of sp³-hybridized carbons (Fsp3) is 0.167. The molecule has 0 radical (unpaired) electrons. The zero-order chi connectivity index (χ0) is 27.9. The minimum atomic E-state index is -0.556. The van der Waals surface area contributed by atoms with Gasteiger partial charge < -0.3 is 20.1 Å². The number of para-hydroxylation sites is 1. The average Bonchev–Trinajstić information content (AvgIpc) is 3.63. The Kier molecular flexibility index (Phi) is 6.12. The number of piperazine rings is 1. The second-order valence-electron chi connectivity index (χ2n) is 10.1. The van der Waals surface area contributed by atoms with E-state index < -0.39 is 5.82 Å². The van der Waals surface area contributed by atoms with Crippen molar-refractivity contribution in [2.45, 2.75) is 0 Å². The van der Waals surface area contributed by atoms with Gasteiger partial charge in [-0.2, -0.15) is 5.10 Å². The lowest BCUT2D eigenvalue weighted by Gasteiger charge is -2.34. The van der Waals surface area contributed by atoms with E-state index in [0.717, 1.165) is 42.9 Å². The maximum absolute atomic E-state index is 16.2. The minimum Gasteiger partial charge on any atom is -0.367 e. The number of hydrogen-bond acceptors (Lipinski definition) is 7. The molecule has 0 spiro atoms. The number of H-pyrrole nitrogens is 2. The molecule has 1 aliphatic rings. The number of fused-ring (bicyclic) bond motifs is 2. The Morgan fingerprint density at radius 2 is 1.78 bits per heavy atom. The van der Waals surface area contributed by atoms with E-state index in [2.05, 4.69) is 53.4 Å². The number of benzene rings is 2. The molecule has 10 nitrogen and oxygen atoms in total. The van der Waals surface area contributed by atoms with Gasteiger partial charge in [0, 0.05) is 43.5 Å². The molecule has 4 aromatic heterocycles. The van der Waals surface area contributed by atoms with Crippen LogP contribution in [0.5, 0.6) is 0 Å². The van der Waals surface area contributed by atoms with Gasteiger partial charge in [-0.3, -0.25) is 19.9 Å². The van der Waals surface area contributed by atoms with Gasteiger partial charge in [-0.05, 0) is 37.4 Å². The molecule has 0 atom stereocenters. The molecule has 1 amide bonds. The first-order valence-electron chi connectivity index (χ1n) is 13.3. The summed E-state index contributed by atoms with van der Waals surface area (Å²) in [6, 6.07) is 16.5. The third-order valence-electron chi connectivity index (χ3n) is 7.41. The summed E-state index contributed by atoms with van der Waals surface area (Å²) in [5, 5.41) is 10.4. The molecule has 5 heterocycles. The van der Waals surface area contributed by atoms with Crippen LogP contribution < -0.4 is 10.2 Å². The highest BCUT2D eigenvalue weighted by Gasteiger charge is 2.23. The van der Waals surface area contributed by atoms with Crippen molar-refractivity contribution in [3.63, 3.8) is 0 Å². The summed E-state index contributed by atoms with van der Waals surface area (Å²) in [6.07, 6.45) is 4.56. The number of halogens is 1. The first kappa shape index (κ1) is 24.9. The molecule has 41 heavy (non-hydrogen) atoms. The summed E-state index contributed by atoms with van der Waals surface area (Å²) in [7, 11) is 2.12. The number of nitrogens with one attached hydrogen (secondary N) is 3. The molecule has 1 saturated heterocycles. The Bertz CT molecular complexity index is 1890. The Morgan fingerprint density at radius 3 is 2.61 bits per heavy atom. The van der Waals surface area contributed by atoms with Crippen LogP contribution >= 0.6 is 0 Å². The third kappa shape index (κ3) is 4.55. The number of nitrogens with zero attached hydrogens (tertiary/aromatic N) is 6. The molecule has 6 aromatic rings. The quantitative estimate of drug-likeness (QED) is 0.286. The number of amides is 1. The van der Waals surface area contributed by atoms with Gasteiger partial charge in [0.2, 0.25) is 0 Å². The molecule has 204 valence electrons. The number of hydrogen-bond donors (Lipinski definition) is 3. The van der Waals surface area contributed by atoms with Crippen molar-refractivity contribution < 1.29 is 9.18 Å². The number of carbonyl (C=O) groups is 1. The molecule has 0 unspecified atom stereocenters. The van der Waals surface area contributed by atoms with Gasteiger partial charge in [0.25, 0.3) is 5.91 Å². The fourth-order valence-corrected chi connectivity index (χ4v) is 5.21. The fourth-order valence-electron chi connectivity index (χ4n) is 5.21. The number of carbonyl (C=O) groups excluding carboxylic acids is 1. The van der Waals surface area contributed by atoms with Crippen molar-refractivity contribution >= 4 is 39.2 Å². The van der Waals surface area contributed by atoms with E-state index in [0.29, 0.717) is 33.8 Å². The zero-order valence-electron chi connectivity index (χ0n) is 22.2. The van der Waals surface area contributed by atoms with E-state index in [1.165, 1.54) is 18.6 Å². The third-order valence-corrected chi connectivity index (χ3v) is 7.41. The van der Waals surface area contributed by atoms with Crippen LogP contribution in [-0.4, -0.2) is 74.2 Å². The van der Waals surface area contributed by atoms with Crippen LogP contribution in [0, 0.1) is 5.82 Å². The van der Waals surface area contributed by atoms with Crippen molar-refractivity contribution in [2.75, 3.05) is 43.4 Å². The number of anilines is 2. The van der Waals surface area contributed by atoms with Gasteiger partial charge in [-0.15, -0.1) is 0 Å². The number of likely N-dealkylation sites (N-methyl/N-ethyl adjacent to an activating group) is 1. The number of rotatable bonds is 5. The highest BCUT2D eigenvalue weighted by molar-refractivity contribution is 6.04. The van der Waals surface area contributed by atoms with Crippen LogP contribution in [-0.2, 0) is 0 Å². The summed E-state index contributed by atoms with van der Waals surface area (Å²) < 4.78 is 16.2. The SMILES string of the molecule is CN1CCN(c2cccc3[nH]c(-c4n[nH]c5cnc(-c6cncc(NC(=O)c7ccccc7)c6)c(F)c45)nc23)CC1. The number of aromatic nitrogens is 6. The summed E-state index contributed by atoms with van der Waals surface area (Å²) in [6.45, 7) is 3.77. The van der Waals surface area contributed by atoms with Crippen molar-refractivity contribution in [2.24, 2.45) is 0 Å². The molecule has 3 N–H and O–H groups in total. The van der Waals surface area contributed by atoms with E-state index in [1.54, 1.807) is 30.3 Å². The second-order valence-corrected chi connectivity index (χ2v) is 10.1. The molecule has 0 bridgehead atoms. The maximum Gasteiger partial charge on any atom is 0.255 e. The highest BCUT2D eigenvalue weighted by atomic mass is 19.1. The van der Waals surface area contributed by atoms with Gasteiger partial charge >= 0.3 is 0 Å². The van der Waals surface area contributed by atoms with Crippen molar-refractivity contribution in [1.29, 1.82) is 0 Å². The Morgan fingerprint density at radius 1 is 0.951 bits per heavy atom. The van der Waals surface area contributed by atoms with Crippen LogP contribution in [0.4, 0.5) is 15.8 Å². The lowest BCUT2D eigenvalue weighted by molar-refractivity contribution is 0.102. The van der Waals surface area contributed by atoms with Crippen LogP contribution in [0.15, 0.2) is 73.2 Å². The molecule has 0 aliphatic carbocycles. The topological polar surface area (TPSA) is 119 Å². The van der Waals surface area contributed by atoms with Gasteiger partial charge in [0.1, 0.15) is 16.9 Å². The predicted molar refractivity (Wildman–Crippen MR) is 156 cm³/mol. The first-order chi connectivity index (χ1) is 20.0.